The van der Waals surface area contributed by atoms with Gasteiger partial charge in [0.15, 0.2) is 5.75 Å². The second-order valence-electron chi connectivity index (χ2n) is 4.54. The average Bonchev–Trinajstić information content (AvgIpc) is 2.65. The zero-order valence-corrected chi connectivity index (χ0v) is 9.81. The zero-order chi connectivity index (χ0) is 11.7. The van der Waals surface area contributed by atoms with Crippen molar-refractivity contribution in [1.82, 2.24) is 9.47 Å². The lowest BCUT2D eigenvalue weighted by Gasteiger charge is -2.22. The molecule has 0 unspecified atom stereocenters. The van der Waals surface area contributed by atoms with Crippen LogP contribution in [0.3, 0.4) is 0 Å². The summed E-state index contributed by atoms with van der Waals surface area (Å²) in [5, 5.41) is 9.58. The number of rotatable bonds is 2. The van der Waals surface area contributed by atoms with E-state index < -0.39 is 0 Å². The Balaban J connectivity index is 2.22. The first kappa shape index (κ1) is 11.2. The molecule has 0 amide bonds. The lowest BCUT2D eigenvalue weighted by molar-refractivity contribution is 0.279. The van der Waals surface area contributed by atoms with Crippen LogP contribution < -0.4 is 5.43 Å². The minimum absolute atomic E-state index is 0.122. The Bertz CT molecular complexity index is 439. The van der Waals surface area contributed by atoms with E-state index in [1.54, 1.807) is 13.1 Å². The van der Waals surface area contributed by atoms with Crippen LogP contribution in [0.1, 0.15) is 18.5 Å². The molecule has 1 fully saturated rings. The molecule has 1 saturated heterocycles. The summed E-state index contributed by atoms with van der Waals surface area (Å²) in [5.41, 5.74) is 0.362. The molecule has 0 aromatic carbocycles. The van der Waals surface area contributed by atoms with Crippen molar-refractivity contribution in [2.24, 2.45) is 0 Å². The van der Waals surface area contributed by atoms with Crippen molar-refractivity contribution in [3.63, 3.8) is 0 Å². The van der Waals surface area contributed by atoms with E-state index in [-0.39, 0.29) is 11.2 Å². The highest BCUT2D eigenvalue weighted by Gasteiger charge is 2.21. The smallest absolute Gasteiger partial charge is 0.223 e. The van der Waals surface area contributed by atoms with Crippen LogP contribution in [0, 0.1) is 6.92 Å². The molecule has 16 heavy (non-hydrogen) atoms. The number of aromatic hydroxyl groups is 1. The number of pyridine rings is 1. The number of likely N-dealkylation sites (tertiary alicyclic amines) is 1. The Labute approximate surface area is 95.1 Å². The number of likely N-dealkylation sites (N-methyl/N-ethyl adjacent to an activating group) is 1. The monoisotopic (exact) mass is 222 g/mol. The lowest BCUT2D eigenvalue weighted by atomic mass is 10.2. The first-order valence-corrected chi connectivity index (χ1v) is 5.69. The highest BCUT2D eigenvalue weighted by molar-refractivity contribution is 5.25. The highest BCUT2D eigenvalue weighted by Crippen LogP contribution is 2.18. The molecule has 0 radical (unpaired) electrons. The van der Waals surface area contributed by atoms with E-state index in [1.165, 1.54) is 18.9 Å². The Kier molecular flexibility index (Phi) is 3.01. The van der Waals surface area contributed by atoms with Gasteiger partial charge in [0.25, 0.3) is 0 Å². The topological polar surface area (TPSA) is 45.5 Å². The first-order valence-electron chi connectivity index (χ1n) is 5.69. The summed E-state index contributed by atoms with van der Waals surface area (Å²) in [4.78, 5) is 13.5. The van der Waals surface area contributed by atoms with E-state index in [0.717, 1.165) is 13.1 Å². The van der Waals surface area contributed by atoms with Gasteiger partial charge in [-0.2, -0.15) is 0 Å². The van der Waals surface area contributed by atoms with Gasteiger partial charge in [-0.05, 0) is 33.4 Å². The predicted octanol–water partition coefficient (Wildman–Crippen LogP) is 0.957. The summed E-state index contributed by atoms with van der Waals surface area (Å²) < 4.78 is 1.96. The van der Waals surface area contributed by atoms with E-state index in [9.17, 15) is 9.90 Å². The molecular weight excluding hydrogens is 204 g/mol. The third-order valence-electron chi connectivity index (χ3n) is 3.49. The fourth-order valence-corrected chi connectivity index (χ4v) is 2.30. The van der Waals surface area contributed by atoms with Crippen LogP contribution in [0.4, 0.5) is 0 Å². The van der Waals surface area contributed by atoms with Crippen molar-refractivity contribution in [1.29, 1.82) is 0 Å². The van der Waals surface area contributed by atoms with E-state index in [4.69, 9.17) is 0 Å². The summed E-state index contributed by atoms with van der Waals surface area (Å²) >= 11 is 0. The fraction of sp³-hybridized carbons (Fsp3) is 0.583. The number of aromatic nitrogens is 1. The number of hydrogen-bond acceptors (Lipinski definition) is 3. The van der Waals surface area contributed by atoms with Crippen molar-refractivity contribution < 1.29 is 5.11 Å². The minimum atomic E-state index is -0.298. The van der Waals surface area contributed by atoms with Crippen LogP contribution in [0.25, 0.3) is 0 Å². The van der Waals surface area contributed by atoms with Gasteiger partial charge in [0.2, 0.25) is 5.43 Å². The first-order chi connectivity index (χ1) is 7.59. The van der Waals surface area contributed by atoms with E-state index in [0.29, 0.717) is 11.7 Å². The molecule has 4 nitrogen and oxygen atoms in total. The SMILES string of the molecule is Cc1c(O)c(=O)ccn1C[C@H]1CCCN1C. The van der Waals surface area contributed by atoms with Gasteiger partial charge >= 0.3 is 0 Å². The van der Waals surface area contributed by atoms with Gasteiger partial charge in [-0.1, -0.05) is 0 Å². The average molecular weight is 222 g/mol. The summed E-state index contributed by atoms with van der Waals surface area (Å²) in [7, 11) is 2.12. The number of nitrogens with zero attached hydrogens (tertiary/aromatic N) is 2. The summed E-state index contributed by atoms with van der Waals surface area (Å²) in [6.07, 6.45) is 4.18. The van der Waals surface area contributed by atoms with Crippen molar-refractivity contribution in [2.75, 3.05) is 13.6 Å². The standard InChI is InChI=1S/C12H18N2O2/c1-9-12(16)11(15)5-7-14(9)8-10-4-3-6-13(10)2/h5,7,10,16H,3-4,6,8H2,1-2H3/t10-/m1/s1. The molecule has 1 aliphatic rings. The van der Waals surface area contributed by atoms with E-state index in [2.05, 4.69) is 11.9 Å². The van der Waals surface area contributed by atoms with E-state index >= 15 is 0 Å². The Morgan fingerprint density at radius 1 is 1.56 bits per heavy atom. The maximum Gasteiger partial charge on any atom is 0.223 e. The molecule has 1 aromatic heterocycles. The molecule has 0 saturated carbocycles. The molecule has 88 valence electrons. The van der Waals surface area contributed by atoms with Gasteiger partial charge in [0.1, 0.15) is 0 Å². The minimum Gasteiger partial charge on any atom is -0.503 e. The lowest BCUT2D eigenvalue weighted by Crippen LogP contribution is -2.30. The van der Waals surface area contributed by atoms with Crippen LogP contribution >= 0.6 is 0 Å². The van der Waals surface area contributed by atoms with Crippen LogP contribution in [0.5, 0.6) is 5.75 Å². The summed E-state index contributed by atoms with van der Waals surface area (Å²) in [6, 6.07) is 1.94. The van der Waals surface area contributed by atoms with Gasteiger partial charge in [0.05, 0.1) is 5.69 Å². The second-order valence-corrected chi connectivity index (χ2v) is 4.54. The summed E-state index contributed by atoms with van der Waals surface area (Å²) in [5.74, 6) is -0.122. The molecule has 1 aliphatic heterocycles. The van der Waals surface area contributed by atoms with E-state index in [1.807, 2.05) is 4.57 Å². The van der Waals surface area contributed by atoms with Gasteiger partial charge in [-0.25, -0.2) is 0 Å². The van der Waals surface area contributed by atoms with Crippen LogP contribution in [0.15, 0.2) is 17.1 Å². The molecule has 0 bridgehead atoms. The quantitative estimate of drug-likeness (QED) is 0.810. The molecule has 2 heterocycles. The third-order valence-corrected chi connectivity index (χ3v) is 3.49. The Morgan fingerprint density at radius 3 is 2.94 bits per heavy atom. The molecule has 1 atom stereocenters. The van der Waals surface area contributed by atoms with Gasteiger partial charge in [-0.3, -0.25) is 4.79 Å². The molecular formula is C12H18N2O2. The molecule has 4 heteroatoms. The Hall–Kier alpha value is -1.29. The second kappa shape index (κ2) is 4.29. The van der Waals surface area contributed by atoms with Crippen LogP contribution in [-0.4, -0.2) is 34.2 Å². The van der Waals surface area contributed by atoms with Crippen molar-refractivity contribution in [3.8, 4) is 5.75 Å². The highest BCUT2D eigenvalue weighted by atomic mass is 16.3. The maximum atomic E-state index is 11.2. The molecule has 2 rings (SSSR count). The van der Waals surface area contributed by atoms with Gasteiger partial charge < -0.3 is 14.6 Å². The Morgan fingerprint density at radius 2 is 2.31 bits per heavy atom. The maximum absolute atomic E-state index is 11.2. The van der Waals surface area contributed by atoms with Gasteiger partial charge in [0, 0.05) is 24.8 Å². The largest absolute Gasteiger partial charge is 0.503 e. The van der Waals surface area contributed by atoms with Crippen LogP contribution in [0.2, 0.25) is 0 Å². The fourth-order valence-electron chi connectivity index (χ4n) is 2.30. The molecule has 1 N–H and O–H groups in total. The zero-order valence-electron chi connectivity index (χ0n) is 9.81. The van der Waals surface area contributed by atoms with Crippen molar-refractivity contribution in [2.45, 2.75) is 32.4 Å². The molecule has 0 aliphatic carbocycles. The summed E-state index contributed by atoms with van der Waals surface area (Å²) in [6.45, 7) is 3.76. The predicted molar refractivity (Wildman–Crippen MR) is 62.8 cm³/mol. The molecule has 1 aromatic rings. The van der Waals surface area contributed by atoms with Gasteiger partial charge in [-0.15, -0.1) is 0 Å². The molecule has 0 spiro atoms. The number of hydrogen-bond donors (Lipinski definition) is 1. The van der Waals surface area contributed by atoms with Crippen molar-refractivity contribution >= 4 is 0 Å². The van der Waals surface area contributed by atoms with Crippen LogP contribution in [-0.2, 0) is 6.54 Å². The third kappa shape index (κ3) is 1.97. The normalized spacial score (nSPS) is 21.5. The van der Waals surface area contributed by atoms with Crippen molar-refractivity contribution in [3.05, 3.63) is 28.2 Å².